The van der Waals surface area contributed by atoms with Crippen LogP contribution in [-0.4, -0.2) is 36.2 Å². The summed E-state index contributed by atoms with van der Waals surface area (Å²) >= 11 is 3.85. The zero-order chi connectivity index (χ0) is 22.7. The molecule has 0 unspecified atom stereocenters. The Hall–Kier alpha value is -1.63. The molecule has 0 saturated heterocycles. The minimum atomic E-state index is -1.26. The van der Waals surface area contributed by atoms with E-state index in [0.717, 1.165) is 34.2 Å². The molecule has 0 aromatic carbocycles. The molecule has 0 spiro atoms. The summed E-state index contributed by atoms with van der Waals surface area (Å²) in [6.45, 7) is 21.3. The summed E-state index contributed by atoms with van der Waals surface area (Å²) < 4.78 is 23.9. The van der Waals surface area contributed by atoms with Crippen molar-refractivity contribution in [1.29, 1.82) is 0 Å². The molecule has 3 aromatic rings. The molecule has 3 aromatic heterocycles. The third kappa shape index (κ3) is 7.29. The first kappa shape index (κ1) is 27.4. The predicted molar refractivity (Wildman–Crippen MR) is 114 cm³/mol. The van der Waals surface area contributed by atoms with Crippen LogP contribution >= 0.6 is 22.6 Å². The first-order valence-corrected chi connectivity index (χ1v) is 10.5. The van der Waals surface area contributed by atoms with Crippen molar-refractivity contribution in [1.82, 2.24) is 29.1 Å². The maximum absolute atomic E-state index is 7.50. The molecule has 3 rings (SSSR count). The Morgan fingerprint density at radius 1 is 0.759 bits per heavy atom. The van der Waals surface area contributed by atoms with Gasteiger partial charge in [-0.05, 0) is 76.8 Å². The van der Waals surface area contributed by atoms with Gasteiger partial charge < -0.3 is 13.8 Å². The van der Waals surface area contributed by atoms with Crippen molar-refractivity contribution in [3.8, 4) is 2.21 Å². The van der Waals surface area contributed by atoms with Crippen molar-refractivity contribution in [2.75, 3.05) is 0 Å². The molecule has 152 valence electrons. The third-order valence-electron chi connectivity index (χ3n) is 4.11. The quantitative estimate of drug-likeness (QED) is 0.204. The summed E-state index contributed by atoms with van der Waals surface area (Å²) in [6.07, 6.45) is 0. The zero-order valence-electron chi connectivity index (χ0n) is 17.2. The van der Waals surface area contributed by atoms with Gasteiger partial charge in [0.05, 0.1) is 17.1 Å². The van der Waals surface area contributed by atoms with Crippen LogP contribution in [0.1, 0.15) is 34.2 Å². The summed E-state index contributed by atoms with van der Waals surface area (Å²) in [5, 5.41) is 14.1. The molecule has 0 radical (unpaired) electrons. The summed E-state index contributed by atoms with van der Waals surface area (Å²) in [7, 11) is -1.26. The van der Waals surface area contributed by atoms with Crippen LogP contribution in [0.4, 0.5) is 0 Å². The van der Waals surface area contributed by atoms with E-state index >= 15 is 0 Å². The maximum atomic E-state index is 7.50. The zero-order valence-corrected chi connectivity index (χ0v) is 21.4. The van der Waals surface area contributed by atoms with Crippen LogP contribution in [0, 0.1) is 57.1 Å². The van der Waals surface area contributed by atoms with E-state index < -0.39 is 7.12 Å². The average Bonchev–Trinajstić information content (AvgIpc) is 3.30. The van der Waals surface area contributed by atoms with E-state index in [-0.39, 0.29) is 0 Å². The van der Waals surface area contributed by atoms with Crippen LogP contribution < -0.4 is 0 Å². The van der Waals surface area contributed by atoms with E-state index in [4.69, 9.17) is 24.6 Å². The van der Waals surface area contributed by atoms with Gasteiger partial charge in [-0.25, -0.2) is 15.3 Å². The van der Waals surface area contributed by atoms with Crippen molar-refractivity contribution in [3.05, 3.63) is 65.7 Å². The van der Waals surface area contributed by atoms with Crippen molar-refractivity contribution in [2.24, 2.45) is 0 Å². The number of halogens is 1. The second-order valence-corrected chi connectivity index (χ2v) is 9.27. The summed E-state index contributed by atoms with van der Waals surface area (Å²) in [6, 6.07) is 6.28. The van der Waals surface area contributed by atoms with E-state index in [1.807, 2.05) is 62.5 Å². The number of nitrogens with zero attached hydrogens (tertiary/aromatic N) is 6. The van der Waals surface area contributed by atoms with Crippen LogP contribution in [0.25, 0.3) is 0 Å². The van der Waals surface area contributed by atoms with Crippen molar-refractivity contribution >= 4 is 29.7 Å². The normalized spacial score (nSPS) is 9.21. The first-order valence-electron chi connectivity index (χ1n) is 8.42. The van der Waals surface area contributed by atoms with Gasteiger partial charge in [0.1, 0.15) is 0 Å². The Labute approximate surface area is 195 Å². The van der Waals surface area contributed by atoms with Gasteiger partial charge in [-0.1, -0.05) is 0 Å². The molecule has 0 atom stereocenters. The topological polar surface area (TPSA) is 93.3 Å². The minimum absolute atomic E-state index is 1.01. The average molecular weight is 588 g/mol. The fourth-order valence-electron chi connectivity index (χ4n) is 3.26. The van der Waals surface area contributed by atoms with Gasteiger partial charge in [0.2, 0.25) is 0 Å². The van der Waals surface area contributed by atoms with E-state index in [9.17, 15) is 0 Å². The van der Waals surface area contributed by atoms with Crippen LogP contribution in [-0.2, 0) is 28.5 Å². The SMILES string of the molecule is Cc1cc(C)n([BH-](n2nc(C)cc2C)n2nc(C)cc2C)n1.[C-]#[O+].[C-]#[O+].[Mo+]#[C]I. The van der Waals surface area contributed by atoms with Gasteiger partial charge in [-0.3, -0.25) is 0 Å². The van der Waals surface area contributed by atoms with E-state index in [1.165, 1.54) is 0 Å². The molecule has 0 fully saturated rings. The fourth-order valence-corrected chi connectivity index (χ4v) is 3.26. The van der Waals surface area contributed by atoms with Gasteiger partial charge in [-0.2, -0.15) is 0 Å². The first-order chi connectivity index (χ1) is 13.8. The Kier molecular flexibility index (Phi) is 12.8. The molecule has 0 amide bonds. The van der Waals surface area contributed by atoms with Gasteiger partial charge in [-0.15, -0.1) is 0 Å². The molecule has 0 bridgehead atoms. The van der Waals surface area contributed by atoms with Crippen LogP contribution in [0.2, 0.25) is 0 Å². The standard InChI is InChI=1S/C15H22BN6.CI.2CO.Mo/c1-10-7-13(4)20(17-10)16(21-14(5)8-11(2)18-21)22-15(6)9-12(3)19-22;3*1-2;/h7-9,16H,1-6H3;;;;/q-1;;;;+1. The molecule has 8 nitrogen and oxygen atoms in total. The molecule has 0 aliphatic heterocycles. The molecule has 0 aliphatic rings. The number of aryl methyl sites for hydroxylation is 6. The van der Waals surface area contributed by atoms with Crippen LogP contribution in [0.5, 0.6) is 0 Å². The fraction of sp³-hybridized carbons (Fsp3) is 0.333. The van der Waals surface area contributed by atoms with Crippen LogP contribution in [0.3, 0.4) is 0 Å². The van der Waals surface area contributed by atoms with Crippen molar-refractivity contribution in [2.45, 2.75) is 41.5 Å². The van der Waals surface area contributed by atoms with E-state index in [0.29, 0.717) is 0 Å². The van der Waals surface area contributed by atoms with Crippen LogP contribution in [0.15, 0.2) is 18.2 Å². The van der Waals surface area contributed by atoms with Gasteiger partial charge in [0.25, 0.3) is 0 Å². The third-order valence-corrected chi connectivity index (χ3v) is 4.11. The second-order valence-electron chi connectivity index (χ2n) is 6.28. The van der Waals surface area contributed by atoms with Gasteiger partial charge in [0, 0.05) is 0 Å². The van der Waals surface area contributed by atoms with E-state index in [2.05, 4.69) is 68.3 Å². The Balaban J connectivity index is 0.00000100. The summed E-state index contributed by atoms with van der Waals surface area (Å²) in [5.74, 6) is 0. The second kappa shape index (κ2) is 13.6. The molecule has 3 heterocycles. The Morgan fingerprint density at radius 2 is 0.966 bits per heavy atom. The van der Waals surface area contributed by atoms with Gasteiger partial charge in [0.15, 0.2) is 0 Å². The predicted octanol–water partition coefficient (Wildman–Crippen LogP) is 2.60. The monoisotopic (exact) mass is 590 g/mol. The molecular formula is C18H22BIMoN6O2. The summed E-state index contributed by atoms with van der Waals surface area (Å²) in [4.78, 5) is 0. The van der Waals surface area contributed by atoms with Crippen molar-refractivity contribution in [3.63, 3.8) is 0 Å². The molecular weight excluding hydrogens is 566 g/mol. The molecule has 0 saturated carbocycles. The number of hydrogen-bond donors (Lipinski definition) is 0. The summed E-state index contributed by atoms with van der Waals surface area (Å²) in [5.41, 5.74) is 6.40. The molecule has 0 N–H and O–H groups in total. The van der Waals surface area contributed by atoms with E-state index in [1.54, 1.807) is 0 Å². The molecule has 11 heteroatoms. The Morgan fingerprint density at radius 3 is 1.10 bits per heavy atom. The number of hydrogen-bond acceptors (Lipinski definition) is 3. The molecule has 0 aliphatic carbocycles. The molecule has 29 heavy (non-hydrogen) atoms. The van der Waals surface area contributed by atoms with Gasteiger partial charge >= 0.3 is 73.7 Å². The Bertz CT molecular complexity index is 899. The number of aromatic nitrogens is 6. The number of rotatable bonds is 3. The van der Waals surface area contributed by atoms with Crippen molar-refractivity contribution < 1.29 is 28.5 Å².